The summed E-state index contributed by atoms with van der Waals surface area (Å²) in [6.07, 6.45) is 0.828. The highest BCUT2D eigenvalue weighted by Crippen LogP contribution is 2.06. The minimum absolute atomic E-state index is 0.0850. The van der Waals surface area contributed by atoms with Gasteiger partial charge in [-0.25, -0.2) is 0 Å². The Bertz CT molecular complexity index is 523. The Balaban J connectivity index is 1.86. The van der Waals surface area contributed by atoms with Gasteiger partial charge in [-0.15, -0.1) is 0 Å². The Hall–Kier alpha value is -2.29. The van der Waals surface area contributed by atoms with Gasteiger partial charge in [-0.05, 0) is 30.2 Å². The largest absolute Gasteiger partial charge is 0.399 e. The van der Waals surface area contributed by atoms with Crippen LogP contribution in [0, 0.1) is 0 Å². The van der Waals surface area contributed by atoms with Crippen molar-refractivity contribution in [2.45, 2.75) is 6.42 Å². The first-order chi connectivity index (χ1) is 8.75. The lowest BCUT2D eigenvalue weighted by molar-refractivity contribution is 0.0954. The number of benzene rings is 2. The van der Waals surface area contributed by atoms with E-state index in [9.17, 15) is 4.79 Å². The molecule has 3 N–H and O–H groups in total. The zero-order valence-corrected chi connectivity index (χ0v) is 10.1. The van der Waals surface area contributed by atoms with E-state index in [2.05, 4.69) is 5.32 Å². The maximum absolute atomic E-state index is 11.8. The van der Waals surface area contributed by atoms with E-state index in [0.29, 0.717) is 17.8 Å². The number of carbonyl (C=O) groups excluding carboxylic acids is 1. The standard InChI is InChI=1S/C15H16N2O/c16-14-8-4-7-13(11-14)15(18)17-10-9-12-5-2-1-3-6-12/h1-8,11H,9-10,16H2,(H,17,18). The molecule has 0 spiro atoms. The maximum atomic E-state index is 11.8. The molecular weight excluding hydrogens is 224 g/mol. The number of anilines is 1. The molecule has 0 fully saturated rings. The van der Waals surface area contributed by atoms with Crippen molar-refractivity contribution in [2.75, 3.05) is 12.3 Å². The van der Waals surface area contributed by atoms with Crippen molar-refractivity contribution in [1.29, 1.82) is 0 Å². The van der Waals surface area contributed by atoms with Crippen molar-refractivity contribution in [2.24, 2.45) is 0 Å². The number of nitrogen functional groups attached to an aromatic ring is 1. The molecular formula is C15H16N2O. The first-order valence-electron chi connectivity index (χ1n) is 5.93. The van der Waals surface area contributed by atoms with Gasteiger partial charge in [0.25, 0.3) is 5.91 Å². The fourth-order valence-electron chi connectivity index (χ4n) is 1.75. The van der Waals surface area contributed by atoms with Crippen LogP contribution in [0.4, 0.5) is 5.69 Å². The minimum Gasteiger partial charge on any atom is -0.399 e. The second kappa shape index (κ2) is 5.87. The number of carbonyl (C=O) groups is 1. The van der Waals surface area contributed by atoms with Crippen LogP contribution in [0.3, 0.4) is 0 Å². The van der Waals surface area contributed by atoms with Crippen LogP contribution in [-0.4, -0.2) is 12.5 Å². The molecule has 0 bridgehead atoms. The normalized spacial score (nSPS) is 10.0. The molecule has 2 rings (SSSR count). The van der Waals surface area contributed by atoms with E-state index in [4.69, 9.17) is 5.73 Å². The van der Waals surface area contributed by atoms with E-state index < -0.39 is 0 Å². The Morgan fingerprint density at radius 3 is 2.56 bits per heavy atom. The summed E-state index contributed by atoms with van der Waals surface area (Å²) in [4.78, 5) is 11.8. The average molecular weight is 240 g/mol. The number of hydrogen-bond acceptors (Lipinski definition) is 2. The lowest BCUT2D eigenvalue weighted by Gasteiger charge is -2.05. The fraction of sp³-hybridized carbons (Fsp3) is 0.133. The molecule has 2 aromatic rings. The first-order valence-corrected chi connectivity index (χ1v) is 5.93. The molecule has 1 amide bonds. The molecule has 0 aliphatic carbocycles. The van der Waals surface area contributed by atoms with Gasteiger partial charge in [0.05, 0.1) is 0 Å². The molecule has 0 unspecified atom stereocenters. The molecule has 0 aliphatic heterocycles. The van der Waals surface area contributed by atoms with Gasteiger partial charge in [0.15, 0.2) is 0 Å². The van der Waals surface area contributed by atoms with Gasteiger partial charge in [-0.2, -0.15) is 0 Å². The average Bonchev–Trinajstić information content (AvgIpc) is 2.40. The van der Waals surface area contributed by atoms with E-state index in [-0.39, 0.29) is 5.91 Å². The third-order valence-corrected chi connectivity index (χ3v) is 2.69. The van der Waals surface area contributed by atoms with Crippen LogP contribution in [0.5, 0.6) is 0 Å². The van der Waals surface area contributed by atoms with Crippen molar-refractivity contribution >= 4 is 11.6 Å². The molecule has 0 saturated carbocycles. The van der Waals surface area contributed by atoms with Gasteiger partial charge in [0.1, 0.15) is 0 Å². The third-order valence-electron chi connectivity index (χ3n) is 2.69. The molecule has 0 heterocycles. The Morgan fingerprint density at radius 1 is 1.06 bits per heavy atom. The van der Waals surface area contributed by atoms with Crippen molar-refractivity contribution in [3.63, 3.8) is 0 Å². The summed E-state index contributed by atoms with van der Waals surface area (Å²) >= 11 is 0. The predicted molar refractivity (Wildman–Crippen MR) is 73.3 cm³/mol. The zero-order chi connectivity index (χ0) is 12.8. The second-order valence-corrected chi connectivity index (χ2v) is 4.12. The number of hydrogen-bond donors (Lipinski definition) is 2. The maximum Gasteiger partial charge on any atom is 0.251 e. The van der Waals surface area contributed by atoms with Crippen LogP contribution in [-0.2, 0) is 6.42 Å². The van der Waals surface area contributed by atoms with Crippen molar-refractivity contribution in [3.05, 3.63) is 65.7 Å². The van der Waals surface area contributed by atoms with Crippen molar-refractivity contribution in [1.82, 2.24) is 5.32 Å². The summed E-state index contributed by atoms with van der Waals surface area (Å²) in [7, 11) is 0. The van der Waals surface area contributed by atoms with E-state index >= 15 is 0 Å². The third kappa shape index (κ3) is 3.35. The van der Waals surface area contributed by atoms with Crippen LogP contribution in [0.1, 0.15) is 15.9 Å². The van der Waals surface area contributed by atoms with E-state index in [1.807, 2.05) is 30.3 Å². The fourth-order valence-corrected chi connectivity index (χ4v) is 1.75. The lowest BCUT2D eigenvalue weighted by atomic mass is 10.1. The number of nitrogens with one attached hydrogen (secondary N) is 1. The van der Waals surface area contributed by atoms with Crippen molar-refractivity contribution in [3.8, 4) is 0 Å². The summed E-state index contributed by atoms with van der Waals surface area (Å²) in [5, 5.41) is 2.88. The molecule has 0 aromatic heterocycles. The van der Waals surface area contributed by atoms with Gasteiger partial charge in [0, 0.05) is 17.8 Å². The van der Waals surface area contributed by atoms with Gasteiger partial charge in [-0.3, -0.25) is 4.79 Å². The summed E-state index contributed by atoms with van der Waals surface area (Å²) in [6, 6.07) is 17.0. The van der Waals surface area contributed by atoms with E-state index in [1.165, 1.54) is 5.56 Å². The lowest BCUT2D eigenvalue weighted by Crippen LogP contribution is -2.25. The van der Waals surface area contributed by atoms with Crippen LogP contribution < -0.4 is 11.1 Å². The molecule has 0 aliphatic rings. The molecule has 2 aromatic carbocycles. The Labute approximate surface area is 107 Å². The summed E-state index contributed by atoms with van der Waals surface area (Å²) < 4.78 is 0. The quantitative estimate of drug-likeness (QED) is 0.805. The summed E-state index contributed by atoms with van der Waals surface area (Å²) in [5.74, 6) is -0.0850. The van der Waals surface area contributed by atoms with E-state index in [0.717, 1.165) is 6.42 Å². The van der Waals surface area contributed by atoms with Crippen LogP contribution in [0.2, 0.25) is 0 Å². The Morgan fingerprint density at radius 2 is 1.83 bits per heavy atom. The van der Waals surface area contributed by atoms with Gasteiger partial charge < -0.3 is 11.1 Å². The molecule has 0 atom stereocenters. The highest BCUT2D eigenvalue weighted by Gasteiger charge is 2.04. The molecule has 92 valence electrons. The van der Waals surface area contributed by atoms with Crippen LogP contribution in [0.15, 0.2) is 54.6 Å². The van der Waals surface area contributed by atoms with Crippen LogP contribution in [0.25, 0.3) is 0 Å². The first kappa shape index (κ1) is 12.2. The highest BCUT2D eigenvalue weighted by molar-refractivity contribution is 5.94. The number of rotatable bonds is 4. The highest BCUT2D eigenvalue weighted by atomic mass is 16.1. The summed E-state index contributed by atoms with van der Waals surface area (Å²) in [6.45, 7) is 0.623. The molecule has 3 nitrogen and oxygen atoms in total. The zero-order valence-electron chi connectivity index (χ0n) is 10.1. The van der Waals surface area contributed by atoms with Crippen LogP contribution >= 0.6 is 0 Å². The van der Waals surface area contributed by atoms with Gasteiger partial charge >= 0.3 is 0 Å². The van der Waals surface area contributed by atoms with Gasteiger partial charge in [0.2, 0.25) is 0 Å². The second-order valence-electron chi connectivity index (χ2n) is 4.12. The van der Waals surface area contributed by atoms with E-state index in [1.54, 1.807) is 24.3 Å². The molecule has 3 heteroatoms. The minimum atomic E-state index is -0.0850. The SMILES string of the molecule is Nc1cccc(C(=O)NCCc2ccccc2)c1. The number of nitrogens with two attached hydrogens (primary N) is 1. The number of amides is 1. The predicted octanol–water partition coefficient (Wildman–Crippen LogP) is 2.24. The Kier molecular flexibility index (Phi) is 3.97. The van der Waals surface area contributed by atoms with Gasteiger partial charge in [-0.1, -0.05) is 36.4 Å². The molecule has 18 heavy (non-hydrogen) atoms. The molecule has 0 radical (unpaired) electrons. The smallest absolute Gasteiger partial charge is 0.251 e. The van der Waals surface area contributed by atoms with Crippen molar-refractivity contribution < 1.29 is 4.79 Å². The summed E-state index contributed by atoms with van der Waals surface area (Å²) in [5.41, 5.74) is 8.05. The topological polar surface area (TPSA) is 55.1 Å². The molecule has 0 saturated heterocycles. The monoisotopic (exact) mass is 240 g/mol.